The first-order valence-electron chi connectivity index (χ1n) is 6.41. The van der Waals surface area contributed by atoms with Crippen LogP contribution in [0.3, 0.4) is 0 Å². The third-order valence-electron chi connectivity index (χ3n) is 3.49. The smallest absolute Gasteiger partial charge is 0.306 e. The van der Waals surface area contributed by atoms with Gasteiger partial charge in [0.1, 0.15) is 0 Å². The van der Waals surface area contributed by atoms with Crippen molar-refractivity contribution in [3.05, 3.63) is 29.8 Å². The summed E-state index contributed by atoms with van der Waals surface area (Å²) in [4.78, 5) is 22.7. The van der Waals surface area contributed by atoms with Crippen LogP contribution in [0, 0.1) is 5.92 Å². The molecule has 1 aliphatic rings. The number of carbonyl (C=O) groups excluding carboxylic acids is 1. The van der Waals surface area contributed by atoms with E-state index in [0.29, 0.717) is 24.9 Å². The zero-order chi connectivity index (χ0) is 13.8. The molecule has 102 valence electrons. The Morgan fingerprint density at radius 1 is 1.26 bits per heavy atom. The third kappa shape index (κ3) is 3.71. The van der Waals surface area contributed by atoms with E-state index in [4.69, 9.17) is 10.8 Å². The van der Waals surface area contributed by atoms with E-state index in [9.17, 15) is 9.59 Å². The molecular formula is C14H18N2O3. The molecule has 1 aliphatic carbocycles. The number of carbonyl (C=O) groups is 2. The summed E-state index contributed by atoms with van der Waals surface area (Å²) in [5.41, 5.74) is 7.15. The number of nitrogens with one attached hydrogen (secondary N) is 1. The van der Waals surface area contributed by atoms with Crippen molar-refractivity contribution in [3.63, 3.8) is 0 Å². The normalized spacial score (nSPS) is 22.1. The highest BCUT2D eigenvalue weighted by molar-refractivity contribution is 5.79. The Morgan fingerprint density at radius 3 is 2.53 bits per heavy atom. The van der Waals surface area contributed by atoms with E-state index < -0.39 is 5.97 Å². The van der Waals surface area contributed by atoms with E-state index >= 15 is 0 Å². The average molecular weight is 262 g/mol. The highest BCUT2D eigenvalue weighted by atomic mass is 16.4. The molecule has 1 aromatic rings. The molecule has 1 fully saturated rings. The Morgan fingerprint density at radius 2 is 1.95 bits per heavy atom. The number of hydrogen-bond donors (Lipinski definition) is 3. The number of rotatable bonds is 4. The van der Waals surface area contributed by atoms with Gasteiger partial charge < -0.3 is 16.2 Å². The van der Waals surface area contributed by atoms with Gasteiger partial charge in [-0.15, -0.1) is 0 Å². The zero-order valence-corrected chi connectivity index (χ0v) is 10.6. The lowest BCUT2D eigenvalue weighted by atomic mass is 10.1. The molecule has 1 aromatic carbocycles. The third-order valence-corrected chi connectivity index (χ3v) is 3.49. The van der Waals surface area contributed by atoms with Crippen molar-refractivity contribution < 1.29 is 14.7 Å². The molecule has 0 aromatic heterocycles. The first-order chi connectivity index (χ1) is 9.04. The van der Waals surface area contributed by atoms with Crippen molar-refractivity contribution in [3.8, 4) is 0 Å². The van der Waals surface area contributed by atoms with Gasteiger partial charge in [-0.2, -0.15) is 0 Å². The van der Waals surface area contributed by atoms with Crippen molar-refractivity contribution >= 4 is 17.6 Å². The average Bonchev–Trinajstić information content (AvgIpc) is 2.80. The molecule has 4 N–H and O–H groups in total. The Kier molecular flexibility index (Phi) is 4.04. The monoisotopic (exact) mass is 262 g/mol. The molecule has 2 unspecified atom stereocenters. The number of benzene rings is 1. The van der Waals surface area contributed by atoms with Crippen LogP contribution in [0.25, 0.3) is 0 Å². The summed E-state index contributed by atoms with van der Waals surface area (Å²) >= 11 is 0. The SMILES string of the molecule is Nc1ccc(CC(=O)NC2CCC(C(=O)O)C2)cc1. The van der Waals surface area contributed by atoms with Crippen molar-refractivity contribution in [2.24, 2.45) is 5.92 Å². The number of hydrogen-bond acceptors (Lipinski definition) is 3. The zero-order valence-electron chi connectivity index (χ0n) is 10.6. The minimum atomic E-state index is -0.768. The highest BCUT2D eigenvalue weighted by Gasteiger charge is 2.30. The second kappa shape index (κ2) is 5.73. The Bertz CT molecular complexity index is 470. The minimum Gasteiger partial charge on any atom is -0.481 e. The second-order valence-electron chi connectivity index (χ2n) is 5.03. The van der Waals surface area contributed by atoms with E-state index in [0.717, 1.165) is 12.0 Å². The standard InChI is InChI=1S/C14H18N2O3/c15-11-4-1-9(2-5-11)7-13(17)16-12-6-3-10(8-12)14(18)19/h1-2,4-5,10,12H,3,6-8,15H2,(H,16,17)(H,18,19). The topological polar surface area (TPSA) is 92.4 Å². The summed E-state index contributed by atoms with van der Waals surface area (Å²) < 4.78 is 0. The molecule has 5 nitrogen and oxygen atoms in total. The van der Waals surface area contributed by atoms with Crippen LogP contribution in [0.2, 0.25) is 0 Å². The summed E-state index contributed by atoms with van der Waals surface area (Å²) in [6.07, 6.45) is 2.21. The van der Waals surface area contributed by atoms with Crippen LogP contribution < -0.4 is 11.1 Å². The van der Waals surface area contributed by atoms with Crippen LogP contribution >= 0.6 is 0 Å². The van der Waals surface area contributed by atoms with E-state index in [1.165, 1.54) is 0 Å². The molecule has 1 saturated carbocycles. The number of aliphatic carboxylic acids is 1. The first-order valence-corrected chi connectivity index (χ1v) is 6.41. The van der Waals surface area contributed by atoms with E-state index in [1.54, 1.807) is 12.1 Å². The molecule has 2 atom stereocenters. The van der Waals surface area contributed by atoms with Gasteiger partial charge in [-0.05, 0) is 37.0 Å². The van der Waals surface area contributed by atoms with Gasteiger partial charge in [0.05, 0.1) is 12.3 Å². The summed E-state index contributed by atoms with van der Waals surface area (Å²) in [5.74, 6) is -1.15. The van der Waals surface area contributed by atoms with Gasteiger partial charge in [0.2, 0.25) is 5.91 Å². The molecule has 0 spiro atoms. The number of nitrogens with two attached hydrogens (primary N) is 1. The number of anilines is 1. The lowest BCUT2D eigenvalue weighted by Gasteiger charge is -2.12. The molecule has 0 saturated heterocycles. The first kappa shape index (κ1) is 13.4. The Labute approximate surface area is 111 Å². The number of carboxylic acid groups (broad SMARTS) is 1. The van der Waals surface area contributed by atoms with Gasteiger partial charge in [0.15, 0.2) is 0 Å². The van der Waals surface area contributed by atoms with E-state index in [2.05, 4.69) is 5.32 Å². The maximum absolute atomic E-state index is 11.8. The Hall–Kier alpha value is -2.04. The fraction of sp³-hybridized carbons (Fsp3) is 0.429. The lowest BCUT2D eigenvalue weighted by molar-refractivity contribution is -0.141. The summed E-state index contributed by atoms with van der Waals surface area (Å²) in [5, 5.41) is 11.8. The molecule has 0 aliphatic heterocycles. The second-order valence-corrected chi connectivity index (χ2v) is 5.03. The predicted molar refractivity (Wildman–Crippen MR) is 71.5 cm³/mol. The van der Waals surface area contributed by atoms with Crippen LogP contribution in [0.15, 0.2) is 24.3 Å². The predicted octanol–water partition coefficient (Wildman–Crippen LogP) is 1.18. The molecule has 2 rings (SSSR count). The van der Waals surface area contributed by atoms with Gasteiger partial charge in [0.25, 0.3) is 0 Å². The van der Waals surface area contributed by atoms with Crippen molar-refractivity contribution in [1.29, 1.82) is 0 Å². The van der Waals surface area contributed by atoms with Crippen molar-refractivity contribution in [2.75, 3.05) is 5.73 Å². The summed E-state index contributed by atoms with van der Waals surface area (Å²) in [7, 11) is 0. The van der Waals surface area contributed by atoms with Crippen LogP contribution in [0.4, 0.5) is 5.69 Å². The van der Waals surface area contributed by atoms with Crippen LogP contribution in [0.1, 0.15) is 24.8 Å². The molecular weight excluding hydrogens is 244 g/mol. The number of nitrogen functional groups attached to an aromatic ring is 1. The largest absolute Gasteiger partial charge is 0.481 e. The Balaban J connectivity index is 1.82. The summed E-state index contributed by atoms with van der Waals surface area (Å²) in [6, 6.07) is 7.16. The molecule has 5 heteroatoms. The summed E-state index contributed by atoms with van der Waals surface area (Å²) in [6.45, 7) is 0. The minimum absolute atomic E-state index is 0.0117. The molecule has 1 amide bonds. The van der Waals surface area contributed by atoms with E-state index in [-0.39, 0.29) is 17.9 Å². The highest BCUT2D eigenvalue weighted by Crippen LogP contribution is 2.25. The van der Waals surface area contributed by atoms with Crippen LogP contribution in [-0.2, 0) is 16.0 Å². The van der Waals surface area contributed by atoms with Crippen LogP contribution in [-0.4, -0.2) is 23.0 Å². The van der Waals surface area contributed by atoms with Gasteiger partial charge in [-0.25, -0.2) is 0 Å². The number of amides is 1. The van der Waals surface area contributed by atoms with Gasteiger partial charge in [-0.3, -0.25) is 9.59 Å². The maximum atomic E-state index is 11.8. The fourth-order valence-corrected chi connectivity index (χ4v) is 2.44. The van der Waals surface area contributed by atoms with Gasteiger partial charge in [0, 0.05) is 11.7 Å². The van der Waals surface area contributed by atoms with Gasteiger partial charge in [-0.1, -0.05) is 12.1 Å². The van der Waals surface area contributed by atoms with Gasteiger partial charge >= 0.3 is 5.97 Å². The molecule has 0 heterocycles. The van der Waals surface area contributed by atoms with E-state index in [1.807, 2.05) is 12.1 Å². The molecule has 19 heavy (non-hydrogen) atoms. The fourth-order valence-electron chi connectivity index (χ4n) is 2.44. The lowest BCUT2D eigenvalue weighted by Crippen LogP contribution is -2.34. The quantitative estimate of drug-likeness (QED) is 0.710. The van der Waals surface area contributed by atoms with Crippen LogP contribution in [0.5, 0.6) is 0 Å². The molecule has 0 radical (unpaired) electrons. The number of carboxylic acids is 1. The maximum Gasteiger partial charge on any atom is 0.306 e. The van der Waals surface area contributed by atoms with Crippen molar-refractivity contribution in [2.45, 2.75) is 31.7 Å². The van der Waals surface area contributed by atoms with Crippen molar-refractivity contribution in [1.82, 2.24) is 5.32 Å². The molecule has 0 bridgehead atoms.